The molecule has 10 heteroatoms. The number of ether oxygens (including phenoxy) is 1. The number of aromatic nitrogens is 2. The molecule has 1 rings (SSSR count). The molecule has 23 heavy (non-hydrogen) atoms. The van der Waals surface area contributed by atoms with Gasteiger partial charge in [0.25, 0.3) is 0 Å². The molecule has 0 bridgehead atoms. The van der Waals surface area contributed by atoms with Crippen LogP contribution in [0, 0.1) is 16.0 Å². The lowest BCUT2D eigenvalue weighted by atomic mass is 10.2. The third kappa shape index (κ3) is 6.23. The highest BCUT2D eigenvalue weighted by atomic mass is 35.5. The summed E-state index contributed by atoms with van der Waals surface area (Å²) in [4.78, 5) is 29.9. The average molecular weight is 346 g/mol. The van der Waals surface area contributed by atoms with Crippen molar-refractivity contribution in [3.8, 4) is 0 Å². The van der Waals surface area contributed by atoms with Crippen LogP contribution in [0.25, 0.3) is 0 Å². The summed E-state index contributed by atoms with van der Waals surface area (Å²) in [5, 5.41) is 12.2. The van der Waals surface area contributed by atoms with Crippen LogP contribution in [-0.4, -0.2) is 33.1 Å². The average Bonchev–Trinajstić information content (AvgIpc) is 2.34. The second kappa shape index (κ2) is 7.40. The number of rotatable bonds is 5. The van der Waals surface area contributed by atoms with E-state index in [-0.39, 0.29) is 29.3 Å². The van der Waals surface area contributed by atoms with Crippen LogP contribution in [0.15, 0.2) is 6.20 Å². The van der Waals surface area contributed by atoms with Gasteiger partial charge in [0, 0.05) is 6.54 Å². The van der Waals surface area contributed by atoms with Crippen molar-refractivity contribution >= 4 is 29.2 Å². The zero-order valence-electron chi connectivity index (χ0n) is 13.7. The minimum atomic E-state index is -0.748. The second-order valence-corrected chi connectivity index (χ2v) is 6.56. The van der Waals surface area contributed by atoms with Gasteiger partial charge in [-0.2, -0.15) is 4.98 Å². The number of carbonyl (C=O) groups is 1. The zero-order valence-corrected chi connectivity index (χ0v) is 14.4. The number of halogens is 1. The SMILES string of the molecule is CC(C)CN(NC(=O)OC(C)(C)C)c1nc(Cl)ncc1[N+](=O)[O-]. The largest absolute Gasteiger partial charge is 0.443 e. The Morgan fingerprint density at radius 2 is 2.13 bits per heavy atom. The predicted molar refractivity (Wildman–Crippen MR) is 85.3 cm³/mol. The topological polar surface area (TPSA) is 110 Å². The Labute approximate surface area is 139 Å². The summed E-state index contributed by atoms with van der Waals surface area (Å²) < 4.78 is 5.16. The molecule has 0 aliphatic carbocycles. The highest BCUT2D eigenvalue weighted by Crippen LogP contribution is 2.25. The molecule has 0 aliphatic rings. The van der Waals surface area contributed by atoms with Crippen LogP contribution in [0.5, 0.6) is 0 Å². The predicted octanol–water partition coefficient (Wildman–Crippen LogP) is 2.94. The smallest absolute Gasteiger partial charge is 0.426 e. The van der Waals surface area contributed by atoms with Crippen LogP contribution >= 0.6 is 11.6 Å². The van der Waals surface area contributed by atoms with Crippen LogP contribution in [0.1, 0.15) is 34.6 Å². The van der Waals surface area contributed by atoms with Crippen molar-refractivity contribution in [2.45, 2.75) is 40.2 Å². The van der Waals surface area contributed by atoms with Crippen molar-refractivity contribution in [3.63, 3.8) is 0 Å². The van der Waals surface area contributed by atoms with E-state index in [2.05, 4.69) is 15.4 Å². The van der Waals surface area contributed by atoms with Gasteiger partial charge >= 0.3 is 11.8 Å². The molecule has 1 N–H and O–H groups in total. The van der Waals surface area contributed by atoms with Gasteiger partial charge in [-0.15, -0.1) is 0 Å². The van der Waals surface area contributed by atoms with Gasteiger partial charge in [0.1, 0.15) is 11.8 Å². The molecular weight excluding hydrogens is 326 g/mol. The molecule has 9 nitrogen and oxygen atoms in total. The van der Waals surface area contributed by atoms with Gasteiger partial charge in [0.15, 0.2) is 0 Å². The number of nitrogens with one attached hydrogen (secondary N) is 1. The van der Waals surface area contributed by atoms with E-state index in [4.69, 9.17) is 16.3 Å². The summed E-state index contributed by atoms with van der Waals surface area (Å²) in [5.41, 5.74) is 1.39. The van der Waals surface area contributed by atoms with Gasteiger partial charge < -0.3 is 4.74 Å². The van der Waals surface area contributed by atoms with E-state index in [9.17, 15) is 14.9 Å². The molecule has 0 spiro atoms. The van der Waals surface area contributed by atoms with E-state index in [1.165, 1.54) is 5.01 Å². The molecule has 0 aromatic carbocycles. The van der Waals surface area contributed by atoms with E-state index in [1.54, 1.807) is 20.8 Å². The first-order valence-corrected chi connectivity index (χ1v) is 7.31. The first kappa shape index (κ1) is 18.9. The third-order valence-electron chi connectivity index (χ3n) is 2.35. The Hall–Kier alpha value is -2.16. The number of hydrogen-bond acceptors (Lipinski definition) is 7. The molecule has 1 aromatic rings. The van der Waals surface area contributed by atoms with E-state index in [0.717, 1.165) is 6.20 Å². The highest BCUT2D eigenvalue weighted by molar-refractivity contribution is 6.28. The van der Waals surface area contributed by atoms with Gasteiger partial charge in [-0.3, -0.25) is 15.1 Å². The van der Waals surface area contributed by atoms with Crippen LogP contribution in [0.3, 0.4) is 0 Å². The monoisotopic (exact) mass is 345 g/mol. The van der Waals surface area contributed by atoms with Crippen molar-refractivity contribution in [1.82, 2.24) is 15.4 Å². The highest BCUT2D eigenvalue weighted by Gasteiger charge is 2.26. The molecule has 0 saturated heterocycles. The number of nitro groups is 1. The van der Waals surface area contributed by atoms with Crippen molar-refractivity contribution in [3.05, 3.63) is 21.6 Å². The maximum atomic E-state index is 12.0. The lowest BCUT2D eigenvalue weighted by Crippen LogP contribution is -2.47. The number of carbonyl (C=O) groups excluding carboxylic acids is 1. The van der Waals surface area contributed by atoms with E-state index in [1.807, 2.05) is 13.8 Å². The van der Waals surface area contributed by atoms with Crippen molar-refractivity contribution in [2.75, 3.05) is 11.6 Å². The summed E-state index contributed by atoms with van der Waals surface area (Å²) in [7, 11) is 0. The molecule has 0 atom stereocenters. The second-order valence-electron chi connectivity index (χ2n) is 6.22. The standard InChI is InChI=1S/C13H20ClN5O4/c1-8(2)7-18(17-12(20)23-13(3,4)5)10-9(19(21)22)6-15-11(14)16-10/h6,8H,7H2,1-5H3,(H,17,20). The maximum absolute atomic E-state index is 12.0. The molecular formula is C13H20ClN5O4. The van der Waals surface area contributed by atoms with Gasteiger partial charge in [-0.05, 0) is 38.3 Å². The molecule has 0 fully saturated rings. The Morgan fingerprint density at radius 1 is 1.52 bits per heavy atom. The number of hydrogen-bond donors (Lipinski definition) is 1. The molecule has 0 radical (unpaired) electrons. The summed E-state index contributed by atoms with van der Waals surface area (Å²) in [6, 6.07) is 0. The van der Waals surface area contributed by atoms with Gasteiger partial charge in [0.05, 0.1) is 4.92 Å². The number of anilines is 1. The van der Waals surface area contributed by atoms with Crippen LogP contribution in [0.2, 0.25) is 5.28 Å². The van der Waals surface area contributed by atoms with Crippen LogP contribution in [-0.2, 0) is 4.74 Å². The summed E-state index contributed by atoms with van der Waals surface area (Å²) in [6.45, 7) is 9.18. The molecule has 1 heterocycles. The fraction of sp³-hybridized carbons (Fsp3) is 0.615. The Morgan fingerprint density at radius 3 is 2.61 bits per heavy atom. The van der Waals surface area contributed by atoms with E-state index in [0.29, 0.717) is 0 Å². The summed E-state index contributed by atoms with van der Waals surface area (Å²) in [6.07, 6.45) is 0.247. The first-order chi connectivity index (χ1) is 10.5. The van der Waals surface area contributed by atoms with Gasteiger partial charge in [-0.25, -0.2) is 15.2 Å². The maximum Gasteiger partial charge on any atom is 0.426 e. The normalized spacial score (nSPS) is 11.3. The number of nitrogens with zero attached hydrogens (tertiary/aromatic N) is 4. The number of hydrazine groups is 1. The van der Waals surface area contributed by atoms with Gasteiger partial charge in [-0.1, -0.05) is 13.8 Å². The quantitative estimate of drug-likeness (QED) is 0.496. The third-order valence-corrected chi connectivity index (χ3v) is 2.53. The van der Waals surface area contributed by atoms with Gasteiger partial charge in [0.2, 0.25) is 11.1 Å². The van der Waals surface area contributed by atoms with Crippen molar-refractivity contribution in [1.29, 1.82) is 0 Å². The Kier molecular flexibility index (Phi) is 6.08. The Balaban J connectivity index is 3.14. The molecule has 1 aromatic heterocycles. The minimum absolute atomic E-state index is 0.0817. The summed E-state index contributed by atoms with van der Waals surface area (Å²) >= 11 is 5.73. The fourth-order valence-electron chi connectivity index (χ4n) is 1.63. The molecule has 128 valence electrons. The fourth-order valence-corrected chi connectivity index (χ4v) is 1.76. The van der Waals surface area contributed by atoms with E-state index < -0.39 is 16.6 Å². The molecule has 1 amide bonds. The zero-order chi connectivity index (χ0) is 17.8. The number of amides is 1. The molecule has 0 unspecified atom stereocenters. The van der Waals surface area contributed by atoms with Crippen molar-refractivity contribution < 1.29 is 14.5 Å². The molecule has 0 saturated carbocycles. The molecule has 0 aliphatic heterocycles. The minimum Gasteiger partial charge on any atom is -0.443 e. The lowest BCUT2D eigenvalue weighted by Gasteiger charge is -2.27. The lowest BCUT2D eigenvalue weighted by molar-refractivity contribution is -0.384. The summed E-state index contributed by atoms with van der Waals surface area (Å²) in [5.74, 6) is -0.0205. The van der Waals surface area contributed by atoms with Crippen LogP contribution in [0.4, 0.5) is 16.3 Å². The van der Waals surface area contributed by atoms with Crippen molar-refractivity contribution in [2.24, 2.45) is 5.92 Å². The first-order valence-electron chi connectivity index (χ1n) is 6.93. The van der Waals surface area contributed by atoms with E-state index >= 15 is 0 Å². The Bertz CT molecular complexity index is 588. The van der Waals surface area contributed by atoms with Crippen LogP contribution < -0.4 is 10.4 Å².